The van der Waals surface area contributed by atoms with Crippen LogP contribution in [0.4, 0.5) is 5.82 Å². The zero-order valence-corrected chi connectivity index (χ0v) is 9.82. The molecule has 0 spiro atoms. The van der Waals surface area contributed by atoms with Crippen LogP contribution >= 0.6 is 11.6 Å². The molecule has 0 aliphatic carbocycles. The Bertz CT molecular complexity index is 522. The van der Waals surface area contributed by atoms with Gasteiger partial charge in [-0.05, 0) is 18.2 Å². The van der Waals surface area contributed by atoms with Gasteiger partial charge in [0.05, 0.1) is 13.3 Å². The first-order valence-corrected chi connectivity index (χ1v) is 5.12. The lowest BCUT2D eigenvalue weighted by Gasteiger charge is -2.06. The van der Waals surface area contributed by atoms with E-state index in [-0.39, 0.29) is 0 Å². The van der Waals surface area contributed by atoms with Gasteiger partial charge in [-0.25, -0.2) is 0 Å². The fraction of sp³-hybridized carbons (Fsp3) is 0.182. The summed E-state index contributed by atoms with van der Waals surface area (Å²) in [7, 11) is 3.40. The molecule has 1 aromatic heterocycles. The number of nitrogens with two attached hydrogens (primary N) is 1. The third-order valence-electron chi connectivity index (χ3n) is 2.45. The highest BCUT2D eigenvalue weighted by atomic mass is 35.5. The van der Waals surface area contributed by atoms with Crippen LogP contribution in [0.25, 0.3) is 11.1 Å². The third kappa shape index (κ3) is 1.72. The van der Waals surface area contributed by atoms with Crippen LogP contribution in [0.1, 0.15) is 0 Å². The Kier molecular flexibility index (Phi) is 2.75. The molecule has 0 amide bonds. The van der Waals surface area contributed by atoms with Gasteiger partial charge in [-0.1, -0.05) is 11.6 Å². The number of benzene rings is 1. The van der Waals surface area contributed by atoms with Crippen LogP contribution in [0, 0.1) is 0 Å². The molecule has 0 atom stereocenters. The van der Waals surface area contributed by atoms with Crippen molar-refractivity contribution in [3.63, 3.8) is 0 Å². The highest BCUT2D eigenvalue weighted by molar-refractivity contribution is 6.33. The van der Waals surface area contributed by atoms with Crippen molar-refractivity contribution < 1.29 is 4.74 Å². The van der Waals surface area contributed by atoms with Crippen molar-refractivity contribution in [2.45, 2.75) is 0 Å². The lowest BCUT2D eigenvalue weighted by Crippen LogP contribution is -1.98. The van der Waals surface area contributed by atoms with Crippen molar-refractivity contribution >= 4 is 17.4 Å². The number of rotatable bonds is 2. The molecule has 0 saturated heterocycles. The molecule has 4 nitrogen and oxygen atoms in total. The van der Waals surface area contributed by atoms with E-state index in [0.29, 0.717) is 10.8 Å². The Balaban J connectivity index is 2.59. The molecule has 2 N–H and O–H groups in total. The number of halogens is 1. The molecule has 0 aliphatic heterocycles. The molecular formula is C11H12ClN3O. The van der Waals surface area contributed by atoms with Crippen LogP contribution < -0.4 is 10.5 Å². The van der Waals surface area contributed by atoms with Gasteiger partial charge >= 0.3 is 0 Å². The van der Waals surface area contributed by atoms with Crippen molar-refractivity contribution in [1.29, 1.82) is 0 Å². The van der Waals surface area contributed by atoms with E-state index in [2.05, 4.69) is 5.10 Å². The Hall–Kier alpha value is -1.68. The molecule has 0 unspecified atom stereocenters. The Morgan fingerprint density at radius 2 is 2.12 bits per heavy atom. The molecule has 2 rings (SSSR count). The SMILES string of the molecule is COc1ccc(Cl)c(-c2cnn(C)c2N)c1. The number of nitrogens with zero attached hydrogens (tertiary/aromatic N) is 2. The normalized spacial score (nSPS) is 10.4. The summed E-state index contributed by atoms with van der Waals surface area (Å²) in [6, 6.07) is 5.43. The molecule has 84 valence electrons. The summed E-state index contributed by atoms with van der Waals surface area (Å²) in [5.74, 6) is 1.32. The highest BCUT2D eigenvalue weighted by Crippen LogP contribution is 2.34. The number of hydrogen-bond acceptors (Lipinski definition) is 3. The van der Waals surface area contributed by atoms with E-state index in [0.717, 1.165) is 16.9 Å². The van der Waals surface area contributed by atoms with Gasteiger partial charge in [-0.15, -0.1) is 0 Å². The number of nitrogen functional groups attached to an aromatic ring is 1. The first-order chi connectivity index (χ1) is 7.63. The Labute approximate surface area is 98.6 Å². The van der Waals surface area contributed by atoms with Crippen molar-refractivity contribution in [2.75, 3.05) is 12.8 Å². The van der Waals surface area contributed by atoms with Crippen LogP contribution in [-0.2, 0) is 7.05 Å². The zero-order valence-electron chi connectivity index (χ0n) is 9.07. The maximum absolute atomic E-state index is 6.12. The molecule has 0 radical (unpaired) electrons. The molecule has 2 aromatic rings. The molecule has 1 aromatic carbocycles. The van der Waals surface area contributed by atoms with Gasteiger partial charge < -0.3 is 10.5 Å². The average molecular weight is 238 g/mol. The largest absolute Gasteiger partial charge is 0.497 e. The van der Waals surface area contributed by atoms with Crippen molar-refractivity contribution in [3.8, 4) is 16.9 Å². The predicted octanol–water partition coefficient (Wildman–Crippen LogP) is 2.33. The lowest BCUT2D eigenvalue weighted by atomic mass is 10.1. The molecule has 0 saturated carbocycles. The van der Waals surface area contributed by atoms with Crippen molar-refractivity contribution in [1.82, 2.24) is 9.78 Å². The first kappa shape index (κ1) is 10.8. The summed E-state index contributed by atoms with van der Waals surface area (Å²) in [6.07, 6.45) is 1.69. The minimum atomic E-state index is 0.579. The van der Waals surface area contributed by atoms with Gasteiger partial charge in [0.15, 0.2) is 0 Å². The maximum atomic E-state index is 6.12. The summed E-state index contributed by atoms with van der Waals surface area (Å²) < 4.78 is 6.75. The van der Waals surface area contributed by atoms with E-state index in [9.17, 15) is 0 Å². The minimum absolute atomic E-state index is 0.579. The van der Waals surface area contributed by atoms with Crippen LogP contribution in [0.5, 0.6) is 5.75 Å². The minimum Gasteiger partial charge on any atom is -0.497 e. The number of ether oxygens (including phenoxy) is 1. The molecule has 16 heavy (non-hydrogen) atoms. The summed E-state index contributed by atoms with van der Waals surface area (Å²) >= 11 is 6.12. The number of aryl methyl sites for hydroxylation is 1. The number of methoxy groups -OCH3 is 1. The van der Waals surface area contributed by atoms with Gasteiger partial charge in [-0.3, -0.25) is 4.68 Å². The molecule has 0 aliphatic rings. The second kappa shape index (κ2) is 4.06. The maximum Gasteiger partial charge on any atom is 0.129 e. The molecular weight excluding hydrogens is 226 g/mol. The van der Waals surface area contributed by atoms with Gasteiger partial charge in [0, 0.05) is 23.2 Å². The Morgan fingerprint density at radius 1 is 1.38 bits per heavy atom. The van der Waals surface area contributed by atoms with Gasteiger partial charge in [0.25, 0.3) is 0 Å². The predicted molar refractivity (Wildman–Crippen MR) is 64.6 cm³/mol. The van der Waals surface area contributed by atoms with E-state index in [4.69, 9.17) is 22.1 Å². The quantitative estimate of drug-likeness (QED) is 0.872. The van der Waals surface area contributed by atoms with Crippen molar-refractivity contribution in [3.05, 3.63) is 29.4 Å². The topological polar surface area (TPSA) is 53.1 Å². The number of aromatic nitrogens is 2. The van der Waals surface area contributed by atoms with E-state index in [1.54, 1.807) is 37.2 Å². The van der Waals surface area contributed by atoms with Crippen molar-refractivity contribution in [2.24, 2.45) is 7.05 Å². The summed E-state index contributed by atoms with van der Waals surface area (Å²) in [4.78, 5) is 0. The zero-order chi connectivity index (χ0) is 11.7. The smallest absolute Gasteiger partial charge is 0.129 e. The summed E-state index contributed by atoms with van der Waals surface area (Å²) in [5, 5.41) is 4.71. The van der Waals surface area contributed by atoms with Crippen LogP contribution in [0.15, 0.2) is 24.4 Å². The van der Waals surface area contributed by atoms with E-state index < -0.39 is 0 Å². The second-order valence-electron chi connectivity index (χ2n) is 3.41. The molecule has 5 heteroatoms. The van der Waals surface area contributed by atoms with Crippen LogP contribution in [0.2, 0.25) is 5.02 Å². The second-order valence-corrected chi connectivity index (χ2v) is 3.82. The summed E-state index contributed by atoms with van der Waals surface area (Å²) in [6.45, 7) is 0. The standard InChI is InChI=1S/C11H12ClN3O/c1-15-11(13)9(6-14-15)8-5-7(16-2)3-4-10(8)12/h3-6H,13H2,1-2H3. The number of hydrogen-bond donors (Lipinski definition) is 1. The molecule has 0 bridgehead atoms. The van der Waals surface area contributed by atoms with Gasteiger partial charge in [0.1, 0.15) is 11.6 Å². The first-order valence-electron chi connectivity index (χ1n) is 4.75. The van der Waals surface area contributed by atoms with E-state index in [1.165, 1.54) is 0 Å². The monoisotopic (exact) mass is 237 g/mol. The van der Waals surface area contributed by atoms with Crippen LogP contribution in [-0.4, -0.2) is 16.9 Å². The van der Waals surface area contributed by atoms with E-state index >= 15 is 0 Å². The fourth-order valence-corrected chi connectivity index (χ4v) is 1.71. The van der Waals surface area contributed by atoms with Gasteiger partial charge in [-0.2, -0.15) is 5.10 Å². The lowest BCUT2D eigenvalue weighted by molar-refractivity contribution is 0.415. The number of anilines is 1. The van der Waals surface area contributed by atoms with Crippen LogP contribution in [0.3, 0.4) is 0 Å². The average Bonchev–Trinajstić information content (AvgIpc) is 2.61. The third-order valence-corrected chi connectivity index (χ3v) is 2.78. The van der Waals surface area contributed by atoms with E-state index in [1.807, 2.05) is 6.07 Å². The fourth-order valence-electron chi connectivity index (χ4n) is 1.49. The highest BCUT2D eigenvalue weighted by Gasteiger charge is 2.11. The van der Waals surface area contributed by atoms with Gasteiger partial charge in [0.2, 0.25) is 0 Å². The Morgan fingerprint density at radius 3 is 2.69 bits per heavy atom. The molecule has 0 fully saturated rings. The molecule has 1 heterocycles. The summed E-state index contributed by atoms with van der Waals surface area (Å²) in [5.41, 5.74) is 7.53.